The fourth-order valence-corrected chi connectivity index (χ4v) is 1.31. The van der Waals surface area contributed by atoms with Gasteiger partial charge in [0.15, 0.2) is 0 Å². The average Bonchev–Trinajstić information content (AvgIpc) is 2.29. The predicted octanol–water partition coefficient (Wildman–Crippen LogP) is 1.89. The highest BCUT2D eigenvalue weighted by Crippen LogP contribution is 2.23. The summed E-state index contributed by atoms with van der Waals surface area (Å²) in [6.45, 7) is 3.03. The molecule has 0 aromatic heterocycles. The van der Waals surface area contributed by atoms with E-state index >= 15 is 0 Å². The summed E-state index contributed by atoms with van der Waals surface area (Å²) in [7, 11) is 0. The lowest BCUT2D eigenvalue weighted by Gasteiger charge is -2.19. The van der Waals surface area contributed by atoms with Gasteiger partial charge in [-0.15, -0.1) is 0 Å². The maximum absolute atomic E-state index is 11.7. The molecule has 0 atom stereocenters. The molecule has 1 rings (SSSR count). The van der Waals surface area contributed by atoms with Gasteiger partial charge in [-0.2, -0.15) is 0 Å². The molecule has 1 aromatic carbocycles. The van der Waals surface area contributed by atoms with Gasteiger partial charge in [-0.05, 0) is 32.0 Å². The molecule has 0 saturated carbocycles. The van der Waals surface area contributed by atoms with Crippen molar-refractivity contribution in [2.24, 2.45) is 5.41 Å². The van der Waals surface area contributed by atoms with E-state index in [4.69, 9.17) is 16.7 Å². The molecule has 6 heteroatoms. The lowest BCUT2D eigenvalue weighted by atomic mass is 9.94. The number of aliphatic carboxylic acids is 1. The van der Waals surface area contributed by atoms with Crippen molar-refractivity contribution < 1.29 is 19.8 Å². The first-order chi connectivity index (χ1) is 8.24. The Hall–Kier alpha value is -1.75. The minimum absolute atomic E-state index is 0.000335. The Balaban J connectivity index is 2.72. The Kier molecular flexibility index (Phi) is 4.19. The van der Waals surface area contributed by atoms with Crippen molar-refractivity contribution in [1.29, 1.82) is 0 Å². The number of hydrogen-bond acceptors (Lipinski definition) is 3. The van der Waals surface area contributed by atoms with Gasteiger partial charge in [0, 0.05) is 12.1 Å². The predicted molar refractivity (Wildman–Crippen MR) is 66.9 cm³/mol. The minimum Gasteiger partial charge on any atom is -0.506 e. The highest BCUT2D eigenvalue weighted by Gasteiger charge is 2.27. The van der Waals surface area contributed by atoms with E-state index in [0.717, 1.165) is 0 Å². The monoisotopic (exact) mass is 271 g/mol. The van der Waals surface area contributed by atoms with Crippen molar-refractivity contribution in [2.45, 2.75) is 13.8 Å². The third kappa shape index (κ3) is 3.37. The smallest absolute Gasteiger partial charge is 0.310 e. The molecule has 1 amide bonds. The number of nitrogens with one attached hydrogen (secondary N) is 1. The summed E-state index contributed by atoms with van der Waals surface area (Å²) in [5, 5.41) is 20.7. The molecule has 0 radical (unpaired) electrons. The van der Waals surface area contributed by atoms with Crippen LogP contribution in [0.5, 0.6) is 5.75 Å². The summed E-state index contributed by atoms with van der Waals surface area (Å²) in [6.07, 6.45) is 0. The molecule has 0 aliphatic carbocycles. The molecule has 0 bridgehead atoms. The quantitative estimate of drug-likeness (QED) is 0.780. The lowest BCUT2D eigenvalue weighted by Crippen LogP contribution is -2.38. The van der Waals surface area contributed by atoms with Gasteiger partial charge in [0.25, 0.3) is 5.91 Å². The molecule has 3 N–H and O–H groups in total. The number of carboxylic acids is 1. The van der Waals surface area contributed by atoms with Crippen LogP contribution in [0.1, 0.15) is 24.2 Å². The Morgan fingerprint density at radius 1 is 1.39 bits per heavy atom. The molecule has 0 saturated heterocycles. The SMILES string of the molecule is CC(C)(CNC(=O)c1ccc(O)c(Cl)c1)C(=O)O. The molecule has 5 nitrogen and oxygen atoms in total. The van der Waals surface area contributed by atoms with Gasteiger partial charge in [-0.3, -0.25) is 9.59 Å². The number of phenols is 1. The summed E-state index contributed by atoms with van der Waals surface area (Å²) in [5.41, 5.74) is -0.782. The largest absolute Gasteiger partial charge is 0.506 e. The molecule has 18 heavy (non-hydrogen) atoms. The minimum atomic E-state index is -1.05. The molecule has 98 valence electrons. The van der Waals surface area contributed by atoms with Crippen LogP contribution in [0.4, 0.5) is 0 Å². The molecule has 0 aliphatic heterocycles. The van der Waals surface area contributed by atoms with Gasteiger partial charge < -0.3 is 15.5 Å². The highest BCUT2D eigenvalue weighted by atomic mass is 35.5. The van der Waals surface area contributed by atoms with Gasteiger partial charge in [0.2, 0.25) is 0 Å². The van der Waals surface area contributed by atoms with Gasteiger partial charge >= 0.3 is 5.97 Å². The summed E-state index contributed by atoms with van der Waals surface area (Å²) in [6, 6.07) is 4.03. The number of halogens is 1. The molecule has 0 fully saturated rings. The number of aromatic hydroxyl groups is 1. The molecular formula is C12H14ClNO4. The Morgan fingerprint density at radius 2 is 2.00 bits per heavy atom. The van der Waals surface area contributed by atoms with E-state index in [2.05, 4.69) is 5.32 Å². The summed E-state index contributed by atoms with van der Waals surface area (Å²) in [4.78, 5) is 22.6. The van der Waals surface area contributed by atoms with Crippen LogP contribution in [0.15, 0.2) is 18.2 Å². The second kappa shape index (κ2) is 5.27. The Labute approximate surface area is 109 Å². The van der Waals surface area contributed by atoms with Crippen molar-refractivity contribution >= 4 is 23.5 Å². The highest BCUT2D eigenvalue weighted by molar-refractivity contribution is 6.32. The Morgan fingerprint density at radius 3 is 2.50 bits per heavy atom. The second-order valence-electron chi connectivity index (χ2n) is 4.54. The van der Waals surface area contributed by atoms with Crippen molar-refractivity contribution in [1.82, 2.24) is 5.32 Å². The van der Waals surface area contributed by atoms with Crippen LogP contribution >= 0.6 is 11.6 Å². The Bertz CT molecular complexity index is 485. The van der Waals surface area contributed by atoms with Crippen molar-refractivity contribution in [3.05, 3.63) is 28.8 Å². The fourth-order valence-electron chi connectivity index (χ4n) is 1.13. The van der Waals surface area contributed by atoms with E-state index in [9.17, 15) is 14.7 Å². The lowest BCUT2D eigenvalue weighted by molar-refractivity contribution is -0.146. The molecule has 0 aliphatic rings. The maximum Gasteiger partial charge on any atom is 0.310 e. The number of amides is 1. The number of rotatable bonds is 4. The number of carbonyl (C=O) groups is 2. The van der Waals surface area contributed by atoms with Crippen LogP contribution in [0.2, 0.25) is 5.02 Å². The topological polar surface area (TPSA) is 86.6 Å². The van der Waals surface area contributed by atoms with Crippen LogP contribution in [0, 0.1) is 5.41 Å². The van der Waals surface area contributed by atoms with Crippen LogP contribution in [-0.4, -0.2) is 28.6 Å². The zero-order valence-corrected chi connectivity index (χ0v) is 10.8. The number of carboxylic acid groups (broad SMARTS) is 1. The van der Waals surface area contributed by atoms with Crippen LogP contribution < -0.4 is 5.32 Å². The van der Waals surface area contributed by atoms with E-state index in [-0.39, 0.29) is 22.9 Å². The van der Waals surface area contributed by atoms with E-state index < -0.39 is 17.3 Å². The first-order valence-electron chi connectivity index (χ1n) is 5.24. The van der Waals surface area contributed by atoms with E-state index in [1.165, 1.54) is 32.0 Å². The van der Waals surface area contributed by atoms with Crippen LogP contribution in [-0.2, 0) is 4.79 Å². The normalized spacial score (nSPS) is 11.1. The van der Waals surface area contributed by atoms with E-state index in [1.54, 1.807) is 0 Å². The third-order valence-corrected chi connectivity index (χ3v) is 2.78. The zero-order chi connectivity index (χ0) is 13.9. The summed E-state index contributed by atoms with van der Waals surface area (Å²) >= 11 is 5.67. The summed E-state index contributed by atoms with van der Waals surface area (Å²) < 4.78 is 0. The first-order valence-corrected chi connectivity index (χ1v) is 5.62. The number of hydrogen-bond donors (Lipinski definition) is 3. The number of phenolic OH excluding ortho intramolecular Hbond substituents is 1. The fraction of sp³-hybridized carbons (Fsp3) is 0.333. The standard InChI is InChI=1S/C12H14ClNO4/c1-12(2,11(17)18)6-14-10(16)7-3-4-9(15)8(13)5-7/h3-5,15H,6H2,1-2H3,(H,14,16)(H,17,18). The molecule has 0 unspecified atom stereocenters. The maximum atomic E-state index is 11.7. The first kappa shape index (κ1) is 14.3. The van der Waals surface area contributed by atoms with Crippen LogP contribution in [0.25, 0.3) is 0 Å². The van der Waals surface area contributed by atoms with E-state index in [0.29, 0.717) is 0 Å². The average molecular weight is 272 g/mol. The summed E-state index contributed by atoms with van der Waals surface area (Å²) in [5.74, 6) is -1.54. The molecule has 0 heterocycles. The van der Waals surface area contributed by atoms with Gasteiger partial charge in [0.05, 0.1) is 10.4 Å². The molecular weight excluding hydrogens is 258 g/mol. The van der Waals surface area contributed by atoms with Crippen LogP contribution in [0.3, 0.4) is 0 Å². The number of benzene rings is 1. The molecule has 0 spiro atoms. The van der Waals surface area contributed by atoms with Gasteiger partial charge in [-0.25, -0.2) is 0 Å². The van der Waals surface area contributed by atoms with E-state index in [1.807, 2.05) is 0 Å². The third-order valence-electron chi connectivity index (χ3n) is 2.48. The van der Waals surface area contributed by atoms with Crippen molar-refractivity contribution in [2.75, 3.05) is 6.54 Å². The second-order valence-corrected chi connectivity index (χ2v) is 4.95. The van der Waals surface area contributed by atoms with Gasteiger partial charge in [-0.1, -0.05) is 11.6 Å². The van der Waals surface area contributed by atoms with Crippen molar-refractivity contribution in [3.8, 4) is 5.75 Å². The van der Waals surface area contributed by atoms with Crippen molar-refractivity contribution in [3.63, 3.8) is 0 Å². The zero-order valence-electron chi connectivity index (χ0n) is 10.0. The number of carbonyl (C=O) groups excluding carboxylic acids is 1. The molecule has 1 aromatic rings. The van der Waals surface area contributed by atoms with Gasteiger partial charge in [0.1, 0.15) is 5.75 Å².